The predicted octanol–water partition coefficient (Wildman–Crippen LogP) is 4.43. The van der Waals surface area contributed by atoms with Gasteiger partial charge in [-0.1, -0.05) is 37.3 Å². The van der Waals surface area contributed by atoms with Crippen molar-refractivity contribution in [2.45, 2.75) is 33.2 Å². The van der Waals surface area contributed by atoms with Crippen molar-refractivity contribution >= 4 is 11.7 Å². The van der Waals surface area contributed by atoms with Gasteiger partial charge in [0.05, 0.1) is 5.56 Å². The molecule has 0 bridgehead atoms. The Hall–Kier alpha value is -2.29. The number of carbonyl (C=O) groups is 1. The molecule has 0 amide bonds. The second-order valence-electron chi connectivity index (χ2n) is 5.24. The first kappa shape index (κ1) is 15.1. The minimum atomic E-state index is -0.892. The van der Waals surface area contributed by atoms with Crippen LogP contribution in [0.4, 0.5) is 5.69 Å². The van der Waals surface area contributed by atoms with E-state index in [9.17, 15) is 9.90 Å². The van der Waals surface area contributed by atoms with Crippen LogP contribution >= 0.6 is 0 Å². The number of hydrogen-bond acceptors (Lipinski definition) is 2. The number of aromatic carboxylic acids is 1. The van der Waals surface area contributed by atoms with Gasteiger partial charge < -0.3 is 10.4 Å². The fraction of sp³-hybridized carbons (Fsp3) is 0.278. The van der Waals surface area contributed by atoms with Gasteiger partial charge in [0.25, 0.3) is 0 Å². The smallest absolute Gasteiger partial charge is 0.336 e. The highest BCUT2D eigenvalue weighted by Crippen LogP contribution is 2.24. The Balaban J connectivity index is 2.20. The van der Waals surface area contributed by atoms with E-state index in [2.05, 4.69) is 43.4 Å². The largest absolute Gasteiger partial charge is 0.478 e. The van der Waals surface area contributed by atoms with Crippen molar-refractivity contribution in [3.8, 4) is 0 Å². The number of benzene rings is 2. The van der Waals surface area contributed by atoms with Crippen LogP contribution in [0.3, 0.4) is 0 Å². The minimum Gasteiger partial charge on any atom is -0.478 e. The fourth-order valence-corrected chi connectivity index (χ4v) is 2.38. The molecule has 0 aromatic heterocycles. The average Bonchev–Trinajstić information content (AvgIpc) is 2.49. The van der Waals surface area contributed by atoms with Crippen LogP contribution in [0.25, 0.3) is 0 Å². The number of hydrogen-bond donors (Lipinski definition) is 2. The molecule has 0 spiro atoms. The first-order chi connectivity index (χ1) is 10.0. The summed E-state index contributed by atoms with van der Waals surface area (Å²) in [5.41, 5.74) is 4.47. The third kappa shape index (κ3) is 3.43. The molecule has 0 aliphatic heterocycles. The van der Waals surface area contributed by atoms with Gasteiger partial charge in [-0.05, 0) is 49.1 Å². The van der Waals surface area contributed by atoms with E-state index in [0.717, 1.165) is 17.7 Å². The maximum atomic E-state index is 11.2. The van der Waals surface area contributed by atoms with E-state index in [1.165, 1.54) is 11.1 Å². The third-order valence-corrected chi connectivity index (χ3v) is 3.82. The van der Waals surface area contributed by atoms with Gasteiger partial charge >= 0.3 is 5.97 Å². The van der Waals surface area contributed by atoms with Crippen molar-refractivity contribution in [1.29, 1.82) is 0 Å². The molecule has 0 aliphatic rings. The average molecular weight is 283 g/mol. The summed E-state index contributed by atoms with van der Waals surface area (Å²) in [4.78, 5) is 11.2. The van der Waals surface area contributed by atoms with Crippen LogP contribution in [-0.4, -0.2) is 11.1 Å². The molecule has 0 fully saturated rings. The Labute approximate surface area is 125 Å². The molecule has 2 aromatic carbocycles. The van der Waals surface area contributed by atoms with E-state index in [0.29, 0.717) is 5.56 Å². The molecule has 1 atom stereocenters. The molecule has 0 aliphatic carbocycles. The highest BCUT2D eigenvalue weighted by atomic mass is 16.4. The molecule has 3 heteroatoms. The van der Waals surface area contributed by atoms with Crippen LogP contribution in [0.15, 0.2) is 42.5 Å². The van der Waals surface area contributed by atoms with Crippen LogP contribution in [0.2, 0.25) is 0 Å². The molecule has 110 valence electrons. The molecule has 1 unspecified atom stereocenters. The van der Waals surface area contributed by atoms with Crippen LogP contribution < -0.4 is 5.32 Å². The molecule has 3 nitrogen and oxygen atoms in total. The molecule has 21 heavy (non-hydrogen) atoms. The number of carboxylic acid groups (broad SMARTS) is 1. The number of nitrogens with one attached hydrogen (secondary N) is 1. The third-order valence-electron chi connectivity index (χ3n) is 3.82. The number of anilines is 1. The van der Waals surface area contributed by atoms with Crippen molar-refractivity contribution in [3.63, 3.8) is 0 Å². The molecule has 2 aromatic rings. The summed E-state index contributed by atoms with van der Waals surface area (Å²) in [6, 6.07) is 13.9. The Morgan fingerprint density at radius 2 is 1.86 bits per heavy atom. The summed E-state index contributed by atoms with van der Waals surface area (Å²) >= 11 is 0. The zero-order valence-corrected chi connectivity index (χ0v) is 12.7. The van der Waals surface area contributed by atoms with E-state index >= 15 is 0 Å². The zero-order valence-electron chi connectivity index (χ0n) is 12.7. The van der Waals surface area contributed by atoms with Crippen LogP contribution in [0.1, 0.15) is 46.9 Å². The van der Waals surface area contributed by atoms with E-state index in [1.54, 1.807) is 12.1 Å². The number of rotatable bonds is 5. The molecule has 0 saturated heterocycles. The topological polar surface area (TPSA) is 49.3 Å². The number of aryl methyl sites for hydroxylation is 1. The van der Waals surface area contributed by atoms with Crippen molar-refractivity contribution in [2.24, 2.45) is 0 Å². The lowest BCUT2D eigenvalue weighted by Crippen LogP contribution is -2.10. The van der Waals surface area contributed by atoms with Gasteiger partial charge in [-0.25, -0.2) is 4.79 Å². The Morgan fingerprint density at radius 3 is 2.43 bits per heavy atom. The number of carboxylic acids is 1. The SMILES string of the molecule is CCc1ccc(C(C)Nc2cccc(C(=O)O)c2C)cc1. The molecular formula is C18H21NO2. The Morgan fingerprint density at radius 1 is 1.19 bits per heavy atom. The first-order valence-electron chi connectivity index (χ1n) is 7.21. The van der Waals surface area contributed by atoms with Gasteiger partial charge in [0.1, 0.15) is 0 Å². The van der Waals surface area contributed by atoms with Crippen LogP contribution in [0, 0.1) is 6.92 Å². The van der Waals surface area contributed by atoms with E-state index in [-0.39, 0.29) is 6.04 Å². The maximum absolute atomic E-state index is 11.2. The van der Waals surface area contributed by atoms with Gasteiger partial charge in [0.15, 0.2) is 0 Å². The minimum absolute atomic E-state index is 0.124. The summed E-state index contributed by atoms with van der Waals surface area (Å²) in [6.45, 7) is 6.05. The molecule has 0 heterocycles. The lowest BCUT2D eigenvalue weighted by atomic mass is 10.0. The summed E-state index contributed by atoms with van der Waals surface area (Å²) < 4.78 is 0. The van der Waals surface area contributed by atoms with Crippen molar-refractivity contribution < 1.29 is 9.90 Å². The summed E-state index contributed by atoms with van der Waals surface area (Å²) in [5.74, 6) is -0.892. The summed E-state index contributed by atoms with van der Waals surface area (Å²) in [6.07, 6.45) is 1.03. The molecule has 0 radical (unpaired) electrons. The molecule has 0 saturated carbocycles. The summed E-state index contributed by atoms with van der Waals surface area (Å²) in [5, 5.41) is 12.6. The second kappa shape index (κ2) is 6.44. The van der Waals surface area contributed by atoms with Crippen molar-refractivity contribution in [1.82, 2.24) is 0 Å². The lowest BCUT2D eigenvalue weighted by molar-refractivity contribution is 0.0696. The van der Waals surface area contributed by atoms with E-state index in [4.69, 9.17) is 0 Å². The summed E-state index contributed by atoms with van der Waals surface area (Å²) in [7, 11) is 0. The van der Waals surface area contributed by atoms with Gasteiger partial charge in [0.2, 0.25) is 0 Å². The quantitative estimate of drug-likeness (QED) is 0.853. The standard InChI is InChI=1S/C18H21NO2/c1-4-14-8-10-15(11-9-14)13(3)19-17-7-5-6-16(12(17)2)18(20)21/h5-11,13,19H,4H2,1-3H3,(H,20,21). The maximum Gasteiger partial charge on any atom is 0.336 e. The molecular weight excluding hydrogens is 262 g/mol. The normalized spacial score (nSPS) is 12.0. The monoisotopic (exact) mass is 283 g/mol. The van der Waals surface area contributed by atoms with Crippen molar-refractivity contribution in [2.75, 3.05) is 5.32 Å². The lowest BCUT2D eigenvalue weighted by Gasteiger charge is -2.18. The fourth-order valence-electron chi connectivity index (χ4n) is 2.38. The van der Waals surface area contributed by atoms with Gasteiger partial charge in [-0.2, -0.15) is 0 Å². The second-order valence-corrected chi connectivity index (χ2v) is 5.24. The molecule has 2 rings (SSSR count). The first-order valence-corrected chi connectivity index (χ1v) is 7.21. The van der Waals surface area contributed by atoms with Crippen LogP contribution in [0.5, 0.6) is 0 Å². The molecule has 2 N–H and O–H groups in total. The van der Waals surface area contributed by atoms with Gasteiger partial charge in [-0.15, -0.1) is 0 Å². The Kier molecular flexibility index (Phi) is 4.63. The van der Waals surface area contributed by atoms with Gasteiger partial charge in [-0.3, -0.25) is 0 Å². The van der Waals surface area contributed by atoms with E-state index < -0.39 is 5.97 Å². The zero-order chi connectivity index (χ0) is 15.4. The van der Waals surface area contributed by atoms with Crippen LogP contribution in [-0.2, 0) is 6.42 Å². The highest BCUT2D eigenvalue weighted by molar-refractivity contribution is 5.91. The Bertz CT molecular complexity index is 632. The highest BCUT2D eigenvalue weighted by Gasteiger charge is 2.12. The van der Waals surface area contributed by atoms with E-state index in [1.807, 2.05) is 13.0 Å². The van der Waals surface area contributed by atoms with Crippen molar-refractivity contribution in [3.05, 3.63) is 64.7 Å². The van der Waals surface area contributed by atoms with Gasteiger partial charge in [0, 0.05) is 11.7 Å². The predicted molar refractivity (Wildman–Crippen MR) is 86.0 cm³/mol.